The molecule has 0 unspecified atom stereocenters. The van der Waals surface area contributed by atoms with E-state index < -0.39 is 0 Å². The van der Waals surface area contributed by atoms with Gasteiger partial charge in [-0.1, -0.05) is 167 Å². The van der Waals surface area contributed by atoms with Crippen molar-refractivity contribution in [1.82, 2.24) is 0 Å². The SMILES string of the molecule is CC(C)(C)c1ccc(-c2c(Br)cc(Br)c(-c3ccc(C(C)(C)C)cc3)c2-c2ccc(C(C)(C)C)cc2)cc1. The molecule has 0 radical (unpaired) electrons. The Morgan fingerprint density at radius 2 is 0.605 bits per heavy atom. The largest absolute Gasteiger partial charge is 0.0579 e. The summed E-state index contributed by atoms with van der Waals surface area (Å²) in [5.41, 5.74) is 11.6. The van der Waals surface area contributed by atoms with Crippen LogP contribution in [-0.2, 0) is 16.2 Å². The van der Waals surface area contributed by atoms with Crippen LogP contribution in [-0.4, -0.2) is 0 Å². The molecule has 0 aliphatic rings. The van der Waals surface area contributed by atoms with Crippen LogP contribution in [0, 0.1) is 0 Å². The lowest BCUT2D eigenvalue weighted by Crippen LogP contribution is -2.11. The van der Waals surface area contributed by atoms with Crippen LogP contribution in [0.4, 0.5) is 0 Å². The summed E-state index contributed by atoms with van der Waals surface area (Å²) in [6.07, 6.45) is 0. The van der Waals surface area contributed by atoms with Crippen molar-refractivity contribution >= 4 is 31.9 Å². The maximum absolute atomic E-state index is 3.95. The molecule has 4 aromatic carbocycles. The van der Waals surface area contributed by atoms with Crippen molar-refractivity contribution in [2.45, 2.75) is 78.6 Å². The van der Waals surface area contributed by atoms with E-state index in [-0.39, 0.29) is 16.2 Å². The molecule has 4 rings (SSSR count). The summed E-state index contributed by atoms with van der Waals surface area (Å²) in [4.78, 5) is 0. The Morgan fingerprint density at radius 3 is 0.842 bits per heavy atom. The molecule has 198 valence electrons. The summed E-state index contributed by atoms with van der Waals surface area (Å²) >= 11 is 7.90. The Kier molecular flexibility index (Phi) is 7.92. The lowest BCUT2D eigenvalue weighted by atomic mass is 9.82. The highest BCUT2D eigenvalue weighted by atomic mass is 79.9. The van der Waals surface area contributed by atoms with E-state index in [0.29, 0.717) is 0 Å². The molecule has 0 fully saturated rings. The molecule has 2 heteroatoms. The van der Waals surface area contributed by atoms with E-state index in [9.17, 15) is 0 Å². The first-order valence-electron chi connectivity index (χ1n) is 13.4. The minimum Gasteiger partial charge on any atom is -0.0579 e. The third-order valence-electron chi connectivity index (χ3n) is 7.35. The highest BCUT2D eigenvalue weighted by Crippen LogP contribution is 2.48. The Balaban J connectivity index is 2.01. The average molecular weight is 633 g/mol. The van der Waals surface area contributed by atoms with Gasteiger partial charge in [0.1, 0.15) is 0 Å². The molecule has 0 spiro atoms. The normalized spacial score (nSPS) is 12.6. The molecular formula is C36H40Br2. The maximum atomic E-state index is 3.95. The van der Waals surface area contributed by atoms with Gasteiger partial charge in [-0.25, -0.2) is 0 Å². The highest BCUT2D eigenvalue weighted by Gasteiger charge is 2.23. The van der Waals surface area contributed by atoms with E-state index in [4.69, 9.17) is 0 Å². The van der Waals surface area contributed by atoms with Gasteiger partial charge in [0.15, 0.2) is 0 Å². The predicted octanol–water partition coefficient (Wildman–Crippen LogP) is 12.1. The molecule has 0 heterocycles. The molecular weight excluding hydrogens is 592 g/mol. The third-order valence-corrected chi connectivity index (χ3v) is 8.60. The van der Waals surface area contributed by atoms with Crippen LogP contribution in [0.1, 0.15) is 79.0 Å². The van der Waals surface area contributed by atoms with Crippen molar-refractivity contribution in [1.29, 1.82) is 0 Å². The van der Waals surface area contributed by atoms with Gasteiger partial charge in [-0.2, -0.15) is 0 Å². The monoisotopic (exact) mass is 630 g/mol. The van der Waals surface area contributed by atoms with Gasteiger partial charge in [0.05, 0.1) is 0 Å². The van der Waals surface area contributed by atoms with Gasteiger partial charge < -0.3 is 0 Å². The topological polar surface area (TPSA) is 0 Å². The zero-order chi connectivity index (χ0) is 28.0. The molecule has 0 aliphatic carbocycles. The van der Waals surface area contributed by atoms with E-state index in [2.05, 4.69) is 173 Å². The van der Waals surface area contributed by atoms with Crippen LogP contribution in [0.3, 0.4) is 0 Å². The second-order valence-corrected chi connectivity index (χ2v) is 15.2. The summed E-state index contributed by atoms with van der Waals surface area (Å²) in [5.74, 6) is 0. The standard InChI is InChI=1S/C36H40Br2/c1-34(2,3)26-16-10-23(11-17-26)31-29(37)22-30(38)32(24-12-18-27(19-13-24)35(4,5)6)33(31)25-14-20-28(21-15-25)36(7,8)9/h10-22H,1-9H3. The van der Waals surface area contributed by atoms with E-state index in [1.807, 2.05) is 0 Å². The maximum Gasteiger partial charge on any atom is 0.0271 e. The Hall–Kier alpha value is -2.16. The minimum atomic E-state index is 0.105. The molecule has 0 amide bonds. The molecule has 4 aromatic rings. The fourth-order valence-corrected chi connectivity index (χ4v) is 6.50. The Bertz CT molecular complexity index is 1340. The molecule has 0 aromatic heterocycles. The van der Waals surface area contributed by atoms with Crippen molar-refractivity contribution < 1.29 is 0 Å². The summed E-state index contributed by atoms with van der Waals surface area (Å²) in [5, 5.41) is 0. The summed E-state index contributed by atoms with van der Waals surface area (Å²) in [6.45, 7) is 20.4. The van der Waals surface area contributed by atoms with Crippen LogP contribution in [0.25, 0.3) is 33.4 Å². The lowest BCUT2D eigenvalue weighted by Gasteiger charge is -2.24. The smallest absolute Gasteiger partial charge is 0.0271 e. The summed E-state index contributed by atoms with van der Waals surface area (Å²) in [6, 6.07) is 29.5. The first kappa shape index (κ1) is 28.8. The molecule has 0 nitrogen and oxygen atoms in total. The second-order valence-electron chi connectivity index (χ2n) is 13.4. The minimum absolute atomic E-state index is 0.105. The van der Waals surface area contributed by atoms with E-state index in [0.717, 1.165) is 8.95 Å². The van der Waals surface area contributed by atoms with E-state index in [1.54, 1.807) is 0 Å². The van der Waals surface area contributed by atoms with Crippen molar-refractivity contribution in [3.8, 4) is 33.4 Å². The number of rotatable bonds is 3. The van der Waals surface area contributed by atoms with E-state index in [1.165, 1.54) is 50.1 Å². The Morgan fingerprint density at radius 1 is 0.368 bits per heavy atom. The van der Waals surface area contributed by atoms with Crippen LogP contribution in [0.2, 0.25) is 0 Å². The zero-order valence-electron chi connectivity index (χ0n) is 24.3. The van der Waals surface area contributed by atoms with Crippen molar-refractivity contribution in [2.75, 3.05) is 0 Å². The molecule has 0 saturated heterocycles. The summed E-state index contributed by atoms with van der Waals surface area (Å²) in [7, 11) is 0. The van der Waals surface area contributed by atoms with Gasteiger partial charge >= 0.3 is 0 Å². The Labute approximate surface area is 247 Å². The number of hydrogen-bond acceptors (Lipinski definition) is 0. The van der Waals surface area contributed by atoms with Gasteiger partial charge in [0.25, 0.3) is 0 Å². The van der Waals surface area contributed by atoms with Gasteiger partial charge in [-0.3, -0.25) is 0 Å². The molecule has 0 aliphatic heterocycles. The second kappa shape index (κ2) is 10.4. The number of hydrogen-bond donors (Lipinski definition) is 0. The fraction of sp³-hybridized carbons (Fsp3) is 0.333. The zero-order valence-corrected chi connectivity index (χ0v) is 27.4. The highest BCUT2D eigenvalue weighted by molar-refractivity contribution is 9.11. The van der Waals surface area contributed by atoms with Crippen LogP contribution in [0.5, 0.6) is 0 Å². The first-order valence-corrected chi connectivity index (χ1v) is 15.0. The van der Waals surface area contributed by atoms with Crippen molar-refractivity contribution in [3.05, 3.63) is 104 Å². The summed E-state index contributed by atoms with van der Waals surface area (Å²) < 4.78 is 2.16. The van der Waals surface area contributed by atoms with Gasteiger partial charge in [0.2, 0.25) is 0 Å². The van der Waals surface area contributed by atoms with Crippen LogP contribution in [0.15, 0.2) is 87.8 Å². The fourth-order valence-electron chi connectivity index (χ4n) is 4.88. The molecule has 0 N–H and O–H groups in total. The van der Waals surface area contributed by atoms with E-state index >= 15 is 0 Å². The van der Waals surface area contributed by atoms with Gasteiger partial charge in [0, 0.05) is 20.1 Å². The van der Waals surface area contributed by atoms with Crippen molar-refractivity contribution in [3.63, 3.8) is 0 Å². The van der Waals surface area contributed by atoms with Crippen LogP contribution < -0.4 is 0 Å². The van der Waals surface area contributed by atoms with Crippen LogP contribution >= 0.6 is 31.9 Å². The number of halogens is 2. The third kappa shape index (κ3) is 6.02. The average Bonchev–Trinajstić information content (AvgIpc) is 2.82. The molecule has 0 atom stereocenters. The van der Waals surface area contributed by atoms with Gasteiger partial charge in [-0.05, 0) is 61.3 Å². The van der Waals surface area contributed by atoms with Gasteiger partial charge in [-0.15, -0.1) is 0 Å². The lowest BCUT2D eigenvalue weighted by molar-refractivity contribution is 0.590. The van der Waals surface area contributed by atoms with Crippen molar-refractivity contribution in [2.24, 2.45) is 0 Å². The quantitative estimate of drug-likeness (QED) is 0.211. The first-order chi connectivity index (χ1) is 17.6. The molecule has 0 bridgehead atoms. The molecule has 38 heavy (non-hydrogen) atoms. The molecule has 0 saturated carbocycles. The predicted molar refractivity (Wildman–Crippen MR) is 174 cm³/mol. The number of benzene rings is 4.